The van der Waals surface area contributed by atoms with Crippen molar-refractivity contribution in [3.63, 3.8) is 0 Å². The topological polar surface area (TPSA) is 23.5 Å². The van der Waals surface area contributed by atoms with Gasteiger partial charge in [-0.1, -0.05) is 6.92 Å². The summed E-state index contributed by atoms with van der Waals surface area (Å²) in [5, 5.41) is 9.18. The van der Waals surface area contributed by atoms with Crippen molar-refractivity contribution in [2.24, 2.45) is 0 Å². The summed E-state index contributed by atoms with van der Waals surface area (Å²) in [5.74, 6) is 0. The molecule has 90 valence electrons. The molecule has 0 saturated carbocycles. The molecule has 1 rings (SSSR count). The highest BCUT2D eigenvalue weighted by Crippen LogP contribution is 2.26. The number of unbranched alkanes of at least 4 members (excludes halogenated alkanes) is 1. The maximum atomic E-state index is 9.18. The van der Waals surface area contributed by atoms with Crippen molar-refractivity contribution in [3.05, 3.63) is 0 Å². The van der Waals surface area contributed by atoms with Gasteiger partial charge in [0.2, 0.25) is 0 Å². The van der Waals surface area contributed by atoms with E-state index >= 15 is 0 Å². The molecule has 1 fully saturated rings. The molecule has 1 saturated heterocycles. The summed E-state index contributed by atoms with van der Waals surface area (Å²) in [4.78, 5) is 2.67. The lowest BCUT2D eigenvalue weighted by Gasteiger charge is -2.27. The molecule has 0 aromatic rings. The van der Waals surface area contributed by atoms with Crippen LogP contribution in [0.15, 0.2) is 0 Å². The molecule has 0 aromatic heterocycles. The summed E-state index contributed by atoms with van der Waals surface area (Å²) in [6.07, 6.45) is 7.29. The molecular weight excluding hydrogens is 186 g/mol. The van der Waals surface area contributed by atoms with E-state index in [0.29, 0.717) is 0 Å². The van der Waals surface area contributed by atoms with Crippen molar-refractivity contribution < 1.29 is 5.11 Å². The number of nitrogens with zero attached hydrogens (tertiary/aromatic N) is 1. The molecule has 0 spiro atoms. The monoisotopic (exact) mass is 213 g/mol. The van der Waals surface area contributed by atoms with Gasteiger partial charge in [-0.25, -0.2) is 0 Å². The maximum Gasteiger partial charge on any atom is 0.0512 e. The first-order chi connectivity index (χ1) is 7.15. The van der Waals surface area contributed by atoms with E-state index in [2.05, 4.69) is 18.7 Å². The van der Waals surface area contributed by atoms with Crippen LogP contribution in [0.4, 0.5) is 0 Å². The Morgan fingerprint density at radius 3 is 2.67 bits per heavy atom. The van der Waals surface area contributed by atoms with Crippen LogP contribution in [0.1, 0.15) is 59.3 Å². The molecule has 2 nitrogen and oxygen atoms in total. The highest BCUT2D eigenvalue weighted by molar-refractivity contribution is 4.83. The predicted octanol–water partition coefficient (Wildman–Crippen LogP) is 2.80. The van der Waals surface area contributed by atoms with Crippen LogP contribution < -0.4 is 0 Å². The molecule has 0 aromatic carbocycles. The average Bonchev–Trinajstić information content (AvgIpc) is 2.54. The summed E-state index contributed by atoms with van der Waals surface area (Å²) in [6.45, 7) is 7.76. The van der Waals surface area contributed by atoms with Gasteiger partial charge in [-0.3, -0.25) is 4.90 Å². The first-order valence-corrected chi connectivity index (χ1v) is 6.59. The zero-order valence-corrected chi connectivity index (χ0v) is 10.6. The fourth-order valence-corrected chi connectivity index (χ4v) is 2.70. The SMILES string of the molecule is CCC1CCC(C)N1CCCCC(C)O. The molecule has 1 N–H and O–H groups in total. The molecule has 3 unspecified atom stereocenters. The second kappa shape index (κ2) is 6.49. The van der Waals surface area contributed by atoms with E-state index in [1.54, 1.807) is 0 Å². The quantitative estimate of drug-likeness (QED) is 0.686. The fourth-order valence-electron chi connectivity index (χ4n) is 2.70. The number of hydrogen-bond acceptors (Lipinski definition) is 2. The Balaban J connectivity index is 2.18. The number of hydrogen-bond donors (Lipinski definition) is 1. The van der Waals surface area contributed by atoms with E-state index in [1.807, 2.05) is 6.92 Å². The predicted molar refractivity (Wildman–Crippen MR) is 65.0 cm³/mol. The summed E-state index contributed by atoms with van der Waals surface area (Å²) in [6, 6.07) is 1.60. The second-order valence-electron chi connectivity index (χ2n) is 5.07. The summed E-state index contributed by atoms with van der Waals surface area (Å²) >= 11 is 0. The van der Waals surface area contributed by atoms with Gasteiger partial charge in [0.25, 0.3) is 0 Å². The first kappa shape index (κ1) is 13.0. The van der Waals surface area contributed by atoms with Gasteiger partial charge >= 0.3 is 0 Å². The van der Waals surface area contributed by atoms with Crippen LogP contribution in [0, 0.1) is 0 Å². The van der Waals surface area contributed by atoms with Crippen LogP contribution in [-0.4, -0.2) is 34.7 Å². The lowest BCUT2D eigenvalue weighted by Crippen LogP contribution is -2.35. The standard InChI is InChI=1S/C13H27NO/c1-4-13-9-8-11(2)14(13)10-6-5-7-12(3)15/h11-13,15H,4-10H2,1-3H3. The third-order valence-corrected chi connectivity index (χ3v) is 3.71. The zero-order chi connectivity index (χ0) is 11.3. The Bertz CT molecular complexity index is 170. The van der Waals surface area contributed by atoms with E-state index in [9.17, 15) is 5.11 Å². The van der Waals surface area contributed by atoms with Gasteiger partial charge in [-0.05, 0) is 58.9 Å². The highest BCUT2D eigenvalue weighted by atomic mass is 16.3. The van der Waals surface area contributed by atoms with Gasteiger partial charge in [-0.2, -0.15) is 0 Å². The van der Waals surface area contributed by atoms with Crippen LogP contribution in [0.5, 0.6) is 0 Å². The maximum absolute atomic E-state index is 9.18. The average molecular weight is 213 g/mol. The molecule has 15 heavy (non-hydrogen) atoms. The molecular formula is C13H27NO. The Morgan fingerprint density at radius 1 is 1.33 bits per heavy atom. The van der Waals surface area contributed by atoms with Crippen LogP contribution in [0.25, 0.3) is 0 Å². The summed E-state index contributed by atoms with van der Waals surface area (Å²) < 4.78 is 0. The lowest BCUT2D eigenvalue weighted by molar-refractivity contribution is 0.167. The van der Waals surface area contributed by atoms with Gasteiger partial charge in [0.15, 0.2) is 0 Å². The minimum absolute atomic E-state index is 0.122. The Kier molecular flexibility index (Phi) is 5.62. The van der Waals surface area contributed by atoms with Crippen molar-refractivity contribution in [2.75, 3.05) is 6.54 Å². The van der Waals surface area contributed by atoms with Crippen molar-refractivity contribution in [1.29, 1.82) is 0 Å². The number of likely N-dealkylation sites (tertiary alicyclic amines) is 1. The van der Waals surface area contributed by atoms with Gasteiger partial charge in [-0.15, -0.1) is 0 Å². The van der Waals surface area contributed by atoms with E-state index in [-0.39, 0.29) is 6.10 Å². The molecule has 0 amide bonds. The summed E-state index contributed by atoms with van der Waals surface area (Å²) in [7, 11) is 0. The highest BCUT2D eigenvalue weighted by Gasteiger charge is 2.28. The van der Waals surface area contributed by atoms with E-state index in [4.69, 9.17) is 0 Å². The van der Waals surface area contributed by atoms with Crippen LogP contribution in [0.2, 0.25) is 0 Å². The normalized spacial score (nSPS) is 29.6. The fraction of sp³-hybridized carbons (Fsp3) is 1.00. The number of rotatable bonds is 6. The van der Waals surface area contributed by atoms with Crippen molar-refractivity contribution in [2.45, 2.75) is 77.5 Å². The largest absolute Gasteiger partial charge is 0.393 e. The number of aliphatic hydroxyl groups is 1. The minimum Gasteiger partial charge on any atom is -0.393 e. The lowest BCUT2D eigenvalue weighted by atomic mass is 10.1. The van der Waals surface area contributed by atoms with Gasteiger partial charge in [0, 0.05) is 12.1 Å². The molecule has 0 radical (unpaired) electrons. The summed E-state index contributed by atoms with van der Waals surface area (Å²) in [5.41, 5.74) is 0. The molecule has 1 heterocycles. The smallest absolute Gasteiger partial charge is 0.0512 e. The van der Waals surface area contributed by atoms with Crippen LogP contribution in [0.3, 0.4) is 0 Å². The third kappa shape index (κ3) is 4.12. The Morgan fingerprint density at radius 2 is 2.07 bits per heavy atom. The van der Waals surface area contributed by atoms with Crippen LogP contribution >= 0.6 is 0 Å². The van der Waals surface area contributed by atoms with Gasteiger partial charge in [0.05, 0.1) is 6.10 Å². The van der Waals surface area contributed by atoms with E-state index in [1.165, 1.54) is 32.2 Å². The van der Waals surface area contributed by atoms with Crippen molar-refractivity contribution in [3.8, 4) is 0 Å². The van der Waals surface area contributed by atoms with Gasteiger partial charge in [0.1, 0.15) is 0 Å². The Labute approximate surface area is 94.7 Å². The van der Waals surface area contributed by atoms with Crippen LogP contribution in [-0.2, 0) is 0 Å². The second-order valence-corrected chi connectivity index (χ2v) is 5.07. The zero-order valence-electron chi connectivity index (χ0n) is 10.6. The molecule has 0 aliphatic carbocycles. The molecule has 0 bridgehead atoms. The van der Waals surface area contributed by atoms with Crippen molar-refractivity contribution >= 4 is 0 Å². The molecule has 2 heteroatoms. The van der Waals surface area contributed by atoms with Gasteiger partial charge < -0.3 is 5.11 Å². The third-order valence-electron chi connectivity index (χ3n) is 3.71. The minimum atomic E-state index is -0.122. The number of aliphatic hydroxyl groups excluding tert-OH is 1. The first-order valence-electron chi connectivity index (χ1n) is 6.59. The van der Waals surface area contributed by atoms with E-state index < -0.39 is 0 Å². The molecule has 3 atom stereocenters. The van der Waals surface area contributed by atoms with Crippen molar-refractivity contribution in [1.82, 2.24) is 4.90 Å². The Hall–Kier alpha value is -0.0800. The molecule has 1 aliphatic heterocycles. The van der Waals surface area contributed by atoms with E-state index in [0.717, 1.165) is 24.9 Å². The molecule has 1 aliphatic rings.